The molecule has 0 aliphatic heterocycles. The fraction of sp³-hybridized carbons (Fsp3) is 0.333. The molecule has 0 aliphatic carbocycles. The van der Waals surface area contributed by atoms with Gasteiger partial charge in [0.25, 0.3) is 0 Å². The Morgan fingerprint density at radius 3 is 2.69 bits per heavy atom. The van der Waals surface area contributed by atoms with Gasteiger partial charge in [0.1, 0.15) is 6.10 Å². The zero-order valence-corrected chi connectivity index (χ0v) is 8.09. The Kier molecular flexibility index (Phi) is 4.19. The van der Waals surface area contributed by atoms with E-state index in [0.29, 0.717) is 0 Å². The number of hydrogen-bond donors (Lipinski definition) is 2. The predicted octanol–water partition coefficient (Wildman–Crippen LogP) is 1.67. The molecule has 0 spiro atoms. The Bertz CT molecular complexity index is 421. The van der Waals surface area contributed by atoms with Crippen molar-refractivity contribution in [3.63, 3.8) is 0 Å². The van der Waals surface area contributed by atoms with Gasteiger partial charge in [-0.2, -0.15) is 0 Å². The van der Waals surface area contributed by atoms with Gasteiger partial charge in [0.05, 0.1) is 12.6 Å². The molecular weight excluding hydrogens is 220 g/mol. The van der Waals surface area contributed by atoms with Crippen LogP contribution < -0.4 is 0 Å². The van der Waals surface area contributed by atoms with Gasteiger partial charge in [0.2, 0.25) is 0 Å². The van der Waals surface area contributed by atoms with E-state index in [1.165, 1.54) is 6.07 Å². The summed E-state index contributed by atoms with van der Waals surface area (Å²) in [6.45, 7) is -0.423. The maximum absolute atomic E-state index is 13.2. The molecule has 2 unspecified atom stereocenters. The van der Waals surface area contributed by atoms with Crippen LogP contribution in [0.25, 0.3) is 10.4 Å². The first-order chi connectivity index (χ1) is 7.57. The van der Waals surface area contributed by atoms with Gasteiger partial charge in [-0.15, -0.1) is 0 Å². The van der Waals surface area contributed by atoms with E-state index in [1.807, 2.05) is 0 Å². The van der Waals surface area contributed by atoms with E-state index in [2.05, 4.69) is 10.0 Å². The van der Waals surface area contributed by atoms with Gasteiger partial charge in [-0.1, -0.05) is 17.2 Å². The Hall–Kier alpha value is -1.69. The minimum Gasteiger partial charge on any atom is -0.390 e. The van der Waals surface area contributed by atoms with E-state index in [0.717, 1.165) is 12.1 Å². The molecule has 2 atom stereocenters. The first kappa shape index (κ1) is 12.4. The number of benzene rings is 1. The topological polar surface area (TPSA) is 89.2 Å². The van der Waals surface area contributed by atoms with E-state index in [4.69, 9.17) is 5.53 Å². The molecular formula is C9H9F2N3O2. The van der Waals surface area contributed by atoms with Gasteiger partial charge in [-0.05, 0) is 11.6 Å². The van der Waals surface area contributed by atoms with E-state index in [-0.39, 0.29) is 5.56 Å². The van der Waals surface area contributed by atoms with Crippen LogP contribution in [0.1, 0.15) is 11.7 Å². The Morgan fingerprint density at radius 2 is 2.06 bits per heavy atom. The third-order valence-corrected chi connectivity index (χ3v) is 2.00. The van der Waals surface area contributed by atoms with Gasteiger partial charge < -0.3 is 10.2 Å². The average Bonchev–Trinajstić information content (AvgIpc) is 2.28. The number of azide groups is 1. The van der Waals surface area contributed by atoms with Crippen LogP contribution in [0.4, 0.5) is 8.78 Å². The summed E-state index contributed by atoms with van der Waals surface area (Å²) in [4.78, 5) is 2.38. The molecule has 0 amide bonds. The highest BCUT2D eigenvalue weighted by Crippen LogP contribution is 2.22. The van der Waals surface area contributed by atoms with E-state index >= 15 is 0 Å². The Balaban J connectivity index is 2.91. The van der Waals surface area contributed by atoms with E-state index in [9.17, 15) is 19.0 Å². The van der Waals surface area contributed by atoms with Crippen molar-refractivity contribution >= 4 is 0 Å². The summed E-state index contributed by atoms with van der Waals surface area (Å²) in [5, 5.41) is 21.8. The van der Waals surface area contributed by atoms with Crippen LogP contribution in [-0.2, 0) is 0 Å². The first-order valence-corrected chi connectivity index (χ1v) is 4.38. The number of aliphatic hydroxyl groups excluding tert-OH is 2. The number of rotatable bonds is 4. The van der Waals surface area contributed by atoms with Crippen LogP contribution in [0.15, 0.2) is 23.3 Å². The standard InChI is InChI=1S/C9H9F2N3O2/c10-6-3-1-2-5(8(6)11)9(16)7(15)4-13-14-12/h1-3,7,9,15-16H,4H2. The summed E-state index contributed by atoms with van der Waals surface area (Å²) in [5.74, 6) is -2.34. The van der Waals surface area contributed by atoms with Crippen molar-refractivity contribution in [2.24, 2.45) is 5.11 Å². The summed E-state index contributed by atoms with van der Waals surface area (Å²) in [6, 6.07) is 3.24. The molecule has 5 nitrogen and oxygen atoms in total. The molecule has 0 radical (unpaired) electrons. The molecule has 0 fully saturated rings. The zero-order chi connectivity index (χ0) is 12.1. The van der Waals surface area contributed by atoms with Gasteiger partial charge in [-0.25, -0.2) is 8.78 Å². The van der Waals surface area contributed by atoms with Crippen molar-refractivity contribution in [1.29, 1.82) is 0 Å². The minimum atomic E-state index is -1.64. The Morgan fingerprint density at radius 1 is 1.38 bits per heavy atom. The number of aliphatic hydroxyl groups is 2. The second-order valence-electron chi connectivity index (χ2n) is 3.07. The largest absolute Gasteiger partial charge is 0.390 e. The second-order valence-corrected chi connectivity index (χ2v) is 3.07. The highest BCUT2D eigenvalue weighted by atomic mass is 19.2. The summed E-state index contributed by atoms with van der Waals surface area (Å²) < 4.78 is 26.0. The van der Waals surface area contributed by atoms with Gasteiger partial charge >= 0.3 is 0 Å². The van der Waals surface area contributed by atoms with Crippen LogP contribution >= 0.6 is 0 Å². The lowest BCUT2D eigenvalue weighted by atomic mass is 10.0. The lowest BCUT2D eigenvalue weighted by Crippen LogP contribution is -2.22. The van der Waals surface area contributed by atoms with Crippen LogP contribution in [0.5, 0.6) is 0 Å². The van der Waals surface area contributed by atoms with Crippen molar-refractivity contribution in [1.82, 2.24) is 0 Å². The second kappa shape index (κ2) is 5.41. The summed E-state index contributed by atoms with van der Waals surface area (Å²) in [5.41, 5.74) is 7.62. The molecule has 0 saturated carbocycles. The molecule has 7 heteroatoms. The first-order valence-electron chi connectivity index (χ1n) is 4.38. The quantitative estimate of drug-likeness (QED) is 0.467. The lowest BCUT2D eigenvalue weighted by molar-refractivity contribution is 0.0219. The molecule has 0 aliphatic rings. The molecule has 1 aromatic carbocycles. The molecule has 16 heavy (non-hydrogen) atoms. The molecule has 2 N–H and O–H groups in total. The van der Waals surface area contributed by atoms with Crippen LogP contribution in [-0.4, -0.2) is 22.9 Å². The predicted molar refractivity (Wildman–Crippen MR) is 51.3 cm³/mol. The Labute approximate surface area is 89.6 Å². The van der Waals surface area contributed by atoms with Crippen molar-refractivity contribution in [2.75, 3.05) is 6.54 Å². The van der Waals surface area contributed by atoms with Crippen LogP contribution in [0.2, 0.25) is 0 Å². The minimum absolute atomic E-state index is 0.374. The summed E-state index contributed by atoms with van der Waals surface area (Å²) in [6.07, 6.45) is -3.12. The van der Waals surface area contributed by atoms with Crippen LogP contribution in [0, 0.1) is 11.6 Å². The molecule has 1 rings (SSSR count). The van der Waals surface area contributed by atoms with Gasteiger partial charge in [0, 0.05) is 10.5 Å². The molecule has 0 aromatic heterocycles. The maximum Gasteiger partial charge on any atom is 0.164 e. The maximum atomic E-state index is 13.2. The highest BCUT2D eigenvalue weighted by molar-refractivity contribution is 5.22. The number of nitrogens with zero attached hydrogens (tertiary/aromatic N) is 3. The third-order valence-electron chi connectivity index (χ3n) is 2.00. The fourth-order valence-corrected chi connectivity index (χ4v) is 1.18. The van der Waals surface area contributed by atoms with Crippen molar-refractivity contribution in [2.45, 2.75) is 12.2 Å². The molecule has 86 valence electrons. The highest BCUT2D eigenvalue weighted by Gasteiger charge is 2.22. The molecule has 1 aromatic rings. The zero-order valence-electron chi connectivity index (χ0n) is 8.09. The molecule has 0 heterocycles. The van der Waals surface area contributed by atoms with Gasteiger partial charge in [-0.3, -0.25) is 0 Å². The van der Waals surface area contributed by atoms with Crippen molar-refractivity contribution in [3.8, 4) is 0 Å². The van der Waals surface area contributed by atoms with E-state index in [1.54, 1.807) is 0 Å². The van der Waals surface area contributed by atoms with Crippen LogP contribution in [0.3, 0.4) is 0 Å². The van der Waals surface area contributed by atoms with Gasteiger partial charge in [0.15, 0.2) is 11.6 Å². The SMILES string of the molecule is [N-]=[N+]=NCC(O)C(O)c1cccc(F)c1F. The monoisotopic (exact) mass is 229 g/mol. The number of halogens is 2. The smallest absolute Gasteiger partial charge is 0.164 e. The molecule has 0 bridgehead atoms. The normalized spacial score (nSPS) is 14.0. The fourth-order valence-electron chi connectivity index (χ4n) is 1.18. The molecule has 0 saturated heterocycles. The lowest BCUT2D eigenvalue weighted by Gasteiger charge is -2.16. The van der Waals surface area contributed by atoms with Crippen molar-refractivity contribution in [3.05, 3.63) is 45.8 Å². The number of hydrogen-bond acceptors (Lipinski definition) is 3. The van der Waals surface area contributed by atoms with E-state index < -0.39 is 30.4 Å². The third kappa shape index (κ3) is 2.66. The summed E-state index contributed by atoms with van der Waals surface area (Å²) >= 11 is 0. The van der Waals surface area contributed by atoms with Crippen molar-refractivity contribution < 1.29 is 19.0 Å². The summed E-state index contributed by atoms with van der Waals surface area (Å²) in [7, 11) is 0. The average molecular weight is 229 g/mol.